The van der Waals surface area contributed by atoms with Crippen LogP contribution in [0.2, 0.25) is 0 Å². The lowest BCUT2D eigenvalue weighted by molar-refractivity contribution is 0.101. The van der Waals surface area contributed by atoms with Crippen molar-refractivity contribution in [3.8, 4) is 11.3 Å². The van der Waals surface area contributed by atoms with Crippen LogP contribution in [0, 0.1) is 18.6 Å². The minimum atomic E-state index is -0.692. The van der Waals surface area contributed by atoms with Crippen molar-refractivity contribution >= 4 is 5.78 Å². The van der Waals surface area contributed by atoms with Gasteiger partial charge in [-0.1, -0.05) is 0 Å². The van der Waals surface area contributed by atoms with E-state index < -0.39 is 11.6 Å². The van der Waals surface area contributed by atoms with E-state index in [2.05, 4.69) is 4.98 Å². The Morgan fingerprint density at radius 2 is 1.89 bits per heavy atom. The van der Waals surface area contributed by atoms with E-state index in [0.29, 0.717) is 5.69 Å². The second-order valence-electron chi connectivity index (χ2n) is 4.10. The maximum Gasteiger partial charge on any atom is 0.178 e. The number of hydrogen-bond donors (Lipinski definition) is 0. The molecule has 1 heterocycles. The third-order valence-electron chi connectivity index (χ3n) is 2.54. The first-order valence-corrected chi connectivity index (χ1v) is 5.42. The largest absolute Gasteiger partial charge is 0.293 e. The van der Waals surface area contributed by atoms with Gasteiger partial charge in [0.15, 0.2) is 5.78 Å². The van der Waals surface area contributed by atoms with Crippen LogP contribution in [0.1, 0.15) is 23.0 Å². The van der Waals surface area contributed by atoms with E-state index in [0.717, 1.165) is 17.7 Å². The number of rotatable bonds is 2. The minimum absolute atomic E-state index is 0.183. The lowest BCUT2D eigenvalue weighted by Crippen LogP contribution is -2.00. The summed E-state index contributed by atoms with van der Waals surface area (Å²) in [6.07, 6.45) is 0. The Bertz CT molecular complexity index is 623. The molecule has 0 radical (unpaired) electrons. The minimum Gasteiger partial charge on any atom is -0.293 e. The second kappa shape index (κ2) is 4.64. The normalized spacial score (nSPS) is 10.4. The number of aryl methyl sites for hydroxylation is 1. The molecule has 18 heavy (non-hydrogen) atoms. The van der Waals surface area contributed by atoms with Crippen molar-refractivity contribution in [1.29, 1.82) is 0 Å². The van der Waals surface area contributed by atoms with Crippen LogP contribution in [0.15, 0.2) is 30.3 Å². The zero-order valence-electron chi connectivity index (χ0n) is 10.00. The van der Waals surface area contributed by atoms with Gasteiger partial charge in [-0.05, 0) is 36.8 Å². The van der Waals surface area contributed by atoms with Gasteiger partial charge >= 0.3 is 0 Å². The van der Waals surface area contributed by atoms with Crippen LogP contribution in [0.25, 0.3) is 11.3 Å². The molecule has 4 heteroatoms. The van der Waals surface area contributed by atoms with E-state index >= 15 is 0 Å². The van der Waals surface area contributed by atoms with Crippen LogP contribution >= 0.6 is 0 Å². The standard InChI is InChI=1S/C14H11F2NO/c1-8-5-13(9(2)18)17-14(6-8)11-4-3-10(15)7-12(11)16/h3-7H,1-2H3. The summed E-state index contributed by atoms with van der Waals surface area (Å²) in [5, 5.41) is 0. The number of benzene rings is 1. The lowest BCUT2D eigenvalue weighted by atomic mass is 10.1. The number of carbonyl (C=O) groups is 1. The van der Waals surface area contributed by atoms with E-state index in [4.69, 9.17) is 0 Å². The summed E-state index contributed by atoms with van der Waals surface area (Å²) in [6.45, 7) is 3.19. The van der Waals surface area contributed by atoms with Gasteiger partial charge in [0.2, 0.25) is 0 Å². The summed E-state index contributed by atoms with van der Waals surface area (Å²) in [5.41, 5.74) is 1.59. The lowest BCUT2D eigenvalue weighted by Gasteiger charge is -2.06. The average Bonchev–Trinajstić information content (AvgIpc) is 2.27. The predicted octanol–water partition coefficient (Wildman–Crippen LogP) is 3.54. The molecular formula is C14H11F2NO. The topological polar surface area (TPSA) is 30.0 Å². The Kier molecular flexibility index (Phi) is 3.19. The molecule has 0 spiro atoms. The molecule has 0 aliphatic rings. The van der Waals surface area contributed by atoms with Gasteiger partial charge in [0, 0.05) is 18.6 Å². The van der Waals surface area contributed by atoms with Gasteiger partial charge in [0.25, 0.3) is 0 Å². The zero-order valence-corrected chi connectivity index (χ0v) is 10.00. The second-order valence-corrected chi connectivity index (χ2v) is 4.10. The van der Waals surface area contributed by atoms with Crippen LogP contribution in [0.3, 0.4) is 0 Å². The molecule has 0 aliphatic carbocycles. The molecule has 0 N–H and O–H groups in total. The van der Waals surface area contributed by atoms with Crippen molar-refractivity contribution in [3.63, 3.8) is 0 Å². The van der Waals surface area contributed by atoms with Gasteiger partial charge in [0.1, 0.15) is 17.3 Å². The molecule has 0 fully saturated rings. The van der Waals surface area contributed by atoms with Gasteiger partial charge in [-0.15, -0.1) is 0 Å². The number of nitrogens with zero attached hydrogens (tertiary/aromatic N) is 1. The Hall–Kier alpha value is -2.10. The first-order valence-electron chi connectivity index (χ1n) is 5.42. The number of carbonyl (C=O) groups excluding carboxylic acids is 1. The Morgan fingerprint density at radius 1 is 1.17 bits per heavy atom. The molecule has 2 nitrogen and oxygen atoms in total. The van der Waals surface area contributed by atoms with Crippen molar-refractivity contribution in [2.75, 3.05) is 0 Å². The van der Waals surface area contributed by atoms with Gasteiger partial charge in [-0.3, -0.25) is 4.79 Å². The van der Waals surface area contributed by atoms with Crippen molar-refractivity contribution < 1.29 is 13.6 Å². The van der Waals surface area contributed by atoms with Crippen LogP contribution < -0.4 is 0 Å². The highest BCUT2D eigenvalue weighted by Crippen LogP contribution is 2.23. The molecule has 0 atom stereocenters. The smallest absolute Gasteiger partial charge is 0.178 e. The Labute approximate surface area is 103 Å². The fourth-order valence-electron chi connectivity index (χ4n) is 1.68. The van der Waals surface area contributed by atoms with Crippen molar-refractivity contribution in [2.45, 2.75) is 13.8 Å². The number of ketones is 1. The summed E-state index contributed by atoms with van der Waals surface area (Å²) in [7, 11) is 0. The first kappa shape index (κ1) is 12.4. The Morgan fingerprint density at radius 3 is 2.50 bits per heavy atom. The Balaban J connectivity index is 2.60. The molecule has 1 aromatic carbocycles. The molecule has 0 saturated heterocycles. The fourth-order valence-corrected chi connectivity index (χ4v) is 1.68. The molecule has 0 unspecified atom stereocenters. The van der Waals surface area contributed by atoms with Crippen LogP contribution in [-0.2, 0) is 0 Å². The third-order valence-corrected chi connectivity index (χ3v) is 2.54. The van der Waals surface area contributed by atoms with Gasteiger partial charge in [0.05, 0.1) is 5.69 Å². The number of hydrogen-bond acceptors (Lipinski definition) is 2. The van der Waals surface area contributed by atoms with Crippen LogP contribution in [-0.4, -0.2) is 10.8 Å². The monoisotopic (exact) mass is 247 g/mol. The highest BCUT2D eigenvalue weighted by Gasteiger charge is 2.11. The number of pyridine rings is 1. The summed E-state index contributed by atoms with van der Waals surface area (Å²) in [6, 6.07) is 6.56. The number of aromatic nitrogens is 1. The van der Waals surface area contributed by atoms with E-state index in [-0.39, 0.29) is 17.0 Å². The molecule has 0 aliphatic heterocycles. The third kappa shape index (κ3) is 2.42. The van der Waals surface area contributed by atoms with Crippen molar-refractivity contribution in [3.05, 3.63) is 53.2 Å². The molecule has 2 rings (SSSR count). The van der Waals surface area contributed by atoms with Gasteiger partial charge in [-0.2, -0.15) is 0 Å². The first-order chi connectivity index (χ1) is 8.47. The molecular weight excluding hydrogens is 236 g/mol. The summed E-state index contributed by atoms with van der Waals surface area (Å²) in [5.74, 6) is -1.53. The van der Waals surface area contributed by atoms with E-state index in [1.165, 1.54) is 13.0 Å². The molecule has 0 saturated carbocycles. The van der Waals surface area contributed by atoms with Gasteiger partial charge in [-0.25, -0.2) is 13.8 Å². The summed E-state index contributed by atoms with van der Waals surface area (Å²) < 4.78 is 26.5. The summed E-state index contributed by atoms with van der Waals surface area (Å²) in [4.78, 5) is 15.4. The van der Waals surface area contributed by atoms with E-state index in [1.807, 2.05) is 0 Å². The fraction of sp³-hybridized carbons (Fsp3) is 0.143. The van der Waals surface area contributed by atoms with Gasteiger partial charge < -0.3 is 0 Å². The van der Waals surface area contributed by atoms with Crippen LogP contribution in [0.5, 0.6) is 0 Å². The molecule has 0 bridgehead atoms. The maximum atomic E-state index is 13.6. The molecule has 92 valence electrons. The number of Topliss-reactive ketones (excluding diaryl/α,β-unsaturated/α-hetero) is 1. The molecule has 1 aromatic heterocycles. The maximum absolute atomic E-state index is 13.6. The predicted molar refractivity (Wildman–Crippen MR) is 64.3 cm³/mol. The highest BCUT2D eigenvalue weighted by molar-refractivity contribution is 5.92. The van der Waals surface area contributed by atoms with E-state index in [1.54, 1.807) is 19.1 Å². The average molecular weight is 247 g/mol. The highest BCUT2D eigenvalue weighted by atomic mass is 19.1. The SMILES string of the molecule is CC(=O)c1cc(C)cc(-c2ccc(F)cc2F)n1. The number of halogens is 2. The van der Waals surface area contributed by atoms with Crippen molar-refractivity contribution in [2.24, 2.45) is 0 Å². The van der Waals surface area contributed by atoms with Crippen LogP contribution in [0.4, 0.5) is 8.78 Å². The summed E-state index contributed by atoms with van der Waals surface area (Å²) >= 11 is 0. The van der Waals surface area contributed by atoms with E-state index in [9.17, 15) is 13.6 Å². The zero-order chi connectivity index (χ0) is 13.3. The van der Waals surface area contributed by atoms with Crippen molar-refractivity contribution in [1.82, 2.24) is 4.98 Å². The molecule has 0 amide bonds. The quantitative estimate of drug-likeness (QED) is 0.760. The molecule has 2 aromatic rings.